The Kier molecular flexibility index (Phi) is 8.92. The van der Waals surface area contributed by atoms with Gasteiger partial charge in [-0.1, -0.05) is 42.0 Å². The highest BCUT2D eigenvalue weighted by atomic mass is 31.2. The summed E-state index contributed by atoms with van der Waals surface area (Å²) in [6.07, 6.45) is 5.19. The molecule has 1 atom stereocenters. The minimum Gasteiger partial charge on any atom is -0.494 e. The molecule has 6 nitrogen and oxygen atoms in total. The van der Waals surface area contributed by atoms with E-state index >= 15 is 0 Å². The summed E-state index contributed by atoms with van der Waals surface area (Å²) in [5.41, 5.74) is 3.78. The van der Waals surface area contributed by atoms with E-state index in [1.807, 2.05) is 24.3 Å². The van der Waals surface area contributed by atoms with E-state index in [4.69, 9.17) is 9.26 Å². The number of amides is 1. The van der Waals surface area contributed by atoms with Gasteiger partial charge in [0.15, 0.2) is 0 Å². The maximum Gasteiger partial charge on any atom is 0.325 e. The largest absolute Gasteiger partial charge is 0.494 e. The van der Waals surface area contributed by atoms with Crippen molar-refractivity contribution in [3.05, 3.63) is 65.2 Å². The third kappa shape index (κ3) is 8.42. The van der Waals surface area contributed by atoms with Crippen molar-refractivity contribution in [2.24, 2.45) is 0 Å². The lowest BCUT2D eigenvalue weighted by Gasteiger charge is -2.39. The molecular weight excluding hydrogens is 425 g/mol. The number of hydrogen-bond acceptors (Lipinski definition) is 4. The van der Waals surface area contributed by atoms with Crippen molar-refractivity contribution in [3.8, 4) is 5.75 Å². The van der Waals surface area contributed by atoms with E-state index in [1.165, 1.54) is 17.5 Å². The summed E-state index contributed by atoms with van der Waals surface area (Å²) >= 11 is 0. The predicted octanol–water partition coefficient (Wildman–Crippen LogP) is 4.76. The van der Waals surface area contributed by atoms with Crippen LogP contribution in [0.4, 0.5) is 0 Å². The monoisotopic (exact) mass is 459 g/mol. The molecular formula is C25H34NO5P. The van der Waals surface area contributed by atoms with Crippen LogP contribution < -0.4 is 4.74 Å². The van der Waals surface area contributed by atoms with Gasteiger partial charge in [0.2, 0.25) is 5.91 Å². The zero-order valence-corrected chi connectivity index (χ0v) is 19.9. The molecule has 0 spiro atoms. The van der Waals surface area contributed by atoms with Gasteiger partial charge in [-0.15, -0.1) is 0 Å². The third-order valence-corrected chi connectivity index (χ3v) is 6.28. The van der Waals surface area contributed by atoms with E-state index in [0.29, 0.717) is 32.5 Å². The van der Waals surface area contributed by atoms with Crippen LogP contribution in [0.3, 0.4) is 0 Å². The molecule has 3 rings (SSSR count). The Morgan fingerprint density at radius 1 is 1.00 bits per heavy atom. The van der Waals surface area contributed by atoms with Crippen LogP contribution in [0.2, 0.25) is 0 Å². The summed E-state index contributed by atoms with van der Waals surface area (Å²) in [6.45, 7) is 4.75. The number of aryl methyl sites for hydroxylation is 3. The highest BCUT2D eigenvalue weighted by Gasteiger charge is 2.34. The molecule has 0 aromatic heterocycles. The van der Waals surface area contributed by atoms with Crippen LogP contribution in [0.25, 0.3) is 0 Å². The normalized spacial score (nSPS) is 15.8. The molecule has 1 N–H and O–H groups in total. The number of unbranched alkanes of at least 4 members (excludes halogenated alkanes) is 2. The SMILES string of the molecule is Cc1ccc(CCCCCOc2ccc(CCC(=O)N3CC(OP(C)(=O)O)C3)cc2)cc1. The molecule has 0 aliphatic carbocycles. The molecule has 2 aromatic rings. The van der Waals surface area contributed by atoms with Gasteiger partial charge in [-0.05, 0) is 62.3 Å². The van der Waals surface area contributed by atoms with E-state index in [9.17, 15) is 14.3 Å². The summed E-state index contributed by atoms with van der Waals surface area (Å²) in [6, 6.07) is 16.7. The minimum absolute atomic E-state index is 0.0414. The van der Waals surface area contributed by atoms with Crippen molar-refractivity contribution in [2.45, 2.75) is 51.6 Å². The average molecular weight is 460 g/mol. The number of rotatable bonds is 12. The third-order valence-electron chi connectivity index (χ3n) is 5.60. The predicted molar refractivity (Wildman–Crippen MR) is 126 cm³/mol. The summed E-state index contributed by atoms with van der Waals surface area (Å²) in [4.78, 5) is 23.1. The van der Waals surface area contributed by atoms with E-state index in [2.05, 4.69) is 31.2 Å². The zero-order chi connectivity index (χ0) is 23.0. The van der Waals surface area contributed by atoms with Crippen LogP contribution in [-0.2, 0) is 26.7 Å². The van der Waals surface area contributed by atoms with E-state index in [1.54, 1.807) is 4.90 Å². The van der Waals surface area contributed by atoms with E-state index < -0.39 is 7.60 Å². The number of carbonyl (C=O) groups is 1. The first-order valence-electron chi connectivity index (χ1n) is 11.3. The lowest BCUT2D eigenvalue weighted by Crippen LogP contribution is -2.54. The van der Waals surface area contributed by atoms with Crippen LogP contribution in [0.5, 0.6) is 5.75 Å². The van der Waals surface area contributed by atoms with Gasteiger partial charge in [0.1, 0.15) is 11.9 Å². The van der Waals surface area contributed by atoms with E-state index in [0.717, 1.165) is 37.2 Å². The number of hydrogen-bond donors (Lipinski definition) is 1. The van der Waals surface area contributed by atoms with Crippen molar-refractivity contribution in [1.82, 2.24) is 4.90 Å². The highest BCUT2D eigenvalue weighted by molar-refractivity contribution is 7.51. The molecule has 1 aliphatic rings. The smallest absolute Gasteiger partial charge is 0.325 e. The first-order chi connectivity index (χ1) is 15.3. The van der Waals surface area contributed by atoms with E-state index in [-0.39, 0.29) is 12.0 Å². The van der Waals surface area contributed by atoms with Gasteiger partial charge in [0.05, 0.1) is 6.61 Å². The average Bonchev–Trinajstić information content (AvgIpc) is 2.72. The maximum atomic E-state index is 12.2. The Morgan fingerprint density at radius 2 is 1.62 bits per heavy atom. The van der Waals surface area contributed by atoms with Gasteiger partial charge < -0.3 is 19.1 Å². The summed E-state index contributed by atoms with van der Waals surface area (Å²) < 4.78 is 22.1. The Balaban J connectivity index is 1.26. The second-order valence-corrected chi connectivity index (χ2v) is 10.4. The number of benzene rings is 2. The maximum absolute atomic E-state index is 12.2. The van der Waals surface area contributed by atoms with Crippen molar-refractivity contribution in [1.29, 1.82) is 0 Å². The zero-order valence-electron chi connectivity index (χ0n) is 19.0. The Labute approximate surface area is 191 Å². The molecule has 1 unspecified atom stereocenters. The molecule has 174 valence electrons. The summed E-state index contributed by atoms with van der Waals surface area (Å²) in [5, 5.41) is 0. The van der Waals surface area contributed by atoms with Crippen LogP contribution in [0.15, 0.2) is 48.5 Å². The lowest BCUT2D eigenvalue weighted by molar-refractivity contribution is -0.140. The molecule has 1 fully saturated rings. The Bertz CT molecular complexity index is 901. The van der Waals surface area contributed by atoms with Crippen molar-refractivity contribution in [2.75, 3.05) is 26.4 Å². The molecule has 0 saturated carbocycles. The van der Waals surface area contributed by atoms with Gasteiger partial charge in [-0.2, -0.15) is 0 Å². The topological polar surface area (TPSA) is 76.1 Å². The van der Waals surface area contributed by atoms with Gasteiger partial charge in [0.25, 0.3) is 0 Å². The summed E-state index contributed by atoms with van der Waals surface area (Å²) in [5.74, 6) is 0.897. The lowest BCUT2D eigenvalue weighted by atomic mass is 10.1. The van der Waals surface area contributed by atoms with Crippen LogP contribution >= 0.6 is 7.60 Å². The number of carbonyl (C=O) groups excluding carboxylic acids is 1. The van der Waals surface area contributed by atoms with Crippen LogP contribution in [0, 0.1) is 6.92 Å². The molecule has 7 heteroatoms. The van der Waals surface area contributed by atoms with Crippen LogP contribution in [-0.4, -0.2) is 48.2 Å². The van der Waals surface area contributed by atoms with Gasteiger partial charge >= 0.3 is 7.60 Å². The molecule has 1 aliphatic heterocycles. The molecule has 2 aromatic carbocycles. The fourth-order valence-electron chi connectivity index (χ4n) is 3.70. The van der Waals surface area contributed by atoms with Gasteiger partial charge in [-0.25, -0.2) is 0 Å². The van der Waals surface area contributed by atoms with Gasteiger partial charge in [0, 0.05) is 26.2 Å². The first-order valence-corrected chi connectivity index (χ1v) is 13.3. The second-order valence-electron chi connectivity index (χ2n) is 8.62. The molecule has 1 saturated heterocycles. The summed E-state index contributed by atoms with van der Waals surface area (Å²) in [7, 11) is -3.49. The van der Waals surface area contributed by atoms with Crippen molar-refractivity contribution < 1.29 is 23.5 Å². The minimum atomic E-state index is -3.49. The second kappa shape index (κ2) is 11.6. The molecule has 1 amide bonds. The fourth-order valence-corrected chi connectivity index (χ4v) is 4.39. The number of ether oxygens (including phenoxy) is 1. The first kappa shape index (κ1) is 24.5. The number of likely N-dealkylation sites (tertiary alicyclic amines) is 1. The molecule has 32 heavy (non-hydrogen) atoms. The molecule has 0 bridgehead atoms. The number of nitrogens with zero attached hydrogens (tertiary/aromatic N) is 1. The van der Waals surface area contributed by atoms with Crippen molar-refractivity contribution >= 4 is 13.5 Å². The quantitative estimate of drug-likeness (QED) is 0.366. The fraction of sp³-hybridized carbons (Fsp3) is 0.480. The molecule has 0 radical (unpaired) electrons. The molecule has 1 heterocycles. The highest BCUT2D eigenvalue weighted by Crippen LogP contribution is 2.40. The Hall–Kier alpha value is -2.14. The van der Waals surface area contributed by atoms with Crippen LogP contribution in [0.1, 0.15) is 42.4 Å². The van der Waals surface area contributed by atoms with Crippen molar-refractivity contribution in [3.63, 3.8) is 0 Å². The Morgan fingerprint density at radius 3 is 2.28 bits per heavy atom. The van der Waals surface area contributed by atoms with Gasteiger partial charge in [-0.3, -0.25) is 9.36 Å². The standard InChI is InChI=1S/C25H34NO5P/c1-20-7-9-21(10-8-20)6-4-3-5-17-30-23-14-11-22(12-15-23)13-16-25(27)26-18-24(19-26)31-32(2,28)29/h7-12,14-15,24H,3-6,13,16-19H2,1-2H3,(H,28,29).